The lowest BCUT2D eigenvalue weighted by atomic mass is 10.2. The van der Waals surface area contributed by atoms with Gasteiger partial charge in [0.2, 0.25) is 0 Å². The molecule has 0 fully saturated rings. The molecule has 0 saturated heterocycles. The van der Waals surface area contributed by atoms with Gasteiger partial charge in [-0.3, -0.25) is 4.98 Å². The van der Waals surface area contributed by atoms with Gasteiger partial charge in [0.05, 0.1) is 10.5 Å². The van der Waals surface area contributed by atoms with E-state index >= 15 is 0 Å². The van der Waals surface area contributed by atoms with Crippen LogP contribution in [0.1, 0.15) is 5.69 Å². The van der Waals surface area contributed by atoms with Gasteiger partial charge in [-0.1, -0.05) is 11.6 Å². The van der Waals surface area contributed by atoms with E-state index in [2.05, 4.69) is 27.6 Å². The average Bonchev–Trinajstić information content (AvgIpc) is 2.06. The van der Waals surface area contributed by atoms with Crippen LogP contribution in [0.15, 0.2) is 24.3 Å². The summed E-state index contributed by atoms with van der Waals surface area (Å²) in [7, 11) is 0. The Hall–Kier alpha value is -0.350. The Balaban J connectivity index is 2.87. The number of hydrogen-bond donors (Lipinski definition) is 0. The minimum atomic E-state index is 0.779. The summed E-state index contributed by atoms with van der Waals surface area (Å²) < 4.78 is 1.18. The number of hydrogen-bond acceptors (Lipinski definition) is 1. The second-order valence-electron chi connectivity index (χ2n) is 2.91. The standard InChI is InChI=1S/C10H7ClIN/c1-6-4-9(11)8-5-7(12)2-3-10(8)13-6/h2-5H,1H3. The first-order valence-corrected chi connectivity index (χ1v) is 5.35. The molecule has 0 bridgehead atoms. The largest absolute Gasteiger partial charge is 0.253 e. The van der Waals surface area contributed by atoms with Crippen LogP contribution in [0.5, 0.6) is 0 Å². The van der Waals surface area contributed by atoms with E-state index in [4.69, 9.17) is 11.6 Å². The Morgan fingerprint density at radius 1 is 1.31 bits per heavy atom. The summed E-state index contributed by atoms with van der Waals surface area (Å²) in [5, 5.41) is 1.81. The van der Waals surface area contributed by atoms with Gasteiger partial charge in [-0.15, -0.1) is 0 Å². The first-order chi connectivity index (χ1) is 6.16. The summed E-state index contributed by atoms with van der Waals surface area (Å²) in [6.07, 6.45) is 0. The fourth-order valence-electron chi connectivity index (χ4n) is 1.28. The average molecular weight is 304 g/mol. The Morgan fingerprint density at radius 3 is 2.85 bits per heavy atom. The van der Waals surface area contributed by atoms with Crippen LogP contribution in [0.25, 0.3) is 10.9 Å². The van der Waals surface area contributed by atoms with Gasteiger partial charge in [-0.05, 0) is 53.8 Å². The number of aromatic nitrogens is 1. The lowest BCUT2D eigenvalue weighted by Gasteiger charge is -2.01. The van der Waals surface area contributed by atoms with Crippen LogP contribution in [0, 0.1) is 10.5 Å². The topological polar surface area (TPSA) is 12.9 Å². The molecule has 2 aromatic rings. The maximum Gasteiger partial charge on any atom is 0.0720 e. The predicted molar refractivity (Wildman–Crippen MR) is 64.2 cm³/mol. The maximum atomic E-state index is 6.09. The van der Waals surface area contributed by atoms with E-state index < -0.39 is 0 Å². The van der Waals surface area contributed by atoms with E-state index in [1.54, 1.807) is 0 Å². The van der Waals surface area contributed by atoms with Crippen LogP contribution < -0.4 is 0 Å². The van der Waals surface area contributed by atoms with Crippen LogP contribution >= 0.6 is 34.2 Å². The molecule has 66 valence electrons. The highest BCUT2D eigenvalue weighted by atomic mass is 127. The molecule has 0 spiro atoms. The molecule has 0 aliphatic rings. The molecule has 0 saturated carbocycles. The first-order valence-electron chi connectivity index (χ1n) is 3.89. The fraction of sp³-hybridized carbons (Fsp3) is 0.100. The van der Waals surface area contributed by atoms with Gasteiger partial charge in [0.1, 0.15) is 0 Å². The quantitative estimate of drug-likeness (QED) is 0.675. The van der Waals surface area contributed by atoms with Crippen molar-refractivity contribution in [1.82, 2.24) is 4.98 Å². The third-order valence-electron chi connectivity index (χ3n) is 1.85. The Kier molecular flexibility index (Phi) is 2.43. The molecule has 1 heterocycles. The van der Waals surface area contributed by atoms with Crippen LogP contribution in [-0.2, 0) is 0 Å². The Labute approximate surface area is 95.3 Å². The summed E-state index contributed by atoms with van der Waals surface area (Å²) in [6.45, 7) is 1.95. The molecule has 0 amide bonds. The van der Waals surface area contributed by atoms with Crippen molar-refractivity contribution >= 4 is 45.1 Å². The van der Waals surface area contributed by atoms with Crippen molar-refractivity contribution < 1.29 is 0 Å². The Bertz CT molecular complexity index is 468. The number of benzene rings is 1. The van der Waals surface area contributed by atoms with E-state index in [1.165, 1.54) is 3.57 Å². The molecule has 0 aliphatic carbocycles. The van der Waals surface area contributed by atoms with Crippen molar-refractivity contribution in [3.05, 3.63) is 38.6 Å². The van der Waals surface area contributed by atoms with Crippen molar-refractivity contribution in [3.63, 3.8) is 0 Å². The molecule has 0 N–H and O–H groups in total. The van der Waals surface area contributed by atoms with Crippen molar-refractivity contribution in [2.24, 2.45) is 0 Å². The summed E-state index contributed by atoms with van der Waals surface area (Å²) in [5.41, 5.74) is 1.92. The molecule has 1 aromatic heterocycles. The number of fused-ring (bicyclic) bond motifs is 1. The van der Waals surface area contributed by atoms with Gasteiger partial charge < -0.3 is 0 Å². The van der Waals surface area contributed by atoms with Crippen molar-refractivity contribution in [3.8, 4) is 0 Å². The molecule has 2 rings (SSSR count). The third-order valence-corrected chi connectivity index (χ3v) is 2.83. The molecule has 0 atom stereocenters. The summed E-state index contributed by atoms with van der Waals surface area (Å²) in [5.74, 6) is 0. The summed E-state index contributed by atoms with van der Waals surface area (Å²) in [6, 6.07) is 7.96. The van der Waals surface area contributed by atoms with Gasteiger partial charge in [0.15, 0.2) is 0 Å². The van der Waals surface area contributed by atoms with Gasteiger partial charge in [0, 0.05) is 14.7 Å². The SMILES string of the molecule is Cc1cc(Cl)c2cc(I)ccc2n1. The van der Waals surface area contributed by atoms with Gasteiger partial charge in [0.25, 0.3) is 0 Å². The van der Waals surface area contributed by atoms with Crippen LogP contribution in [0.3, 0.4) is 0 Å². The maximum absolute atomic E-state index is 6.09. The molecule has 13 heavy (non-hydrogen) atoms. The molecule has 3 heteroatoms. The molecule has 0 aliphatic heterocycles. The highest BCUT2D eigenvalue weighted by Gasteiger charge is 2.01. The van der Waals surface area contributed by atoms with E-state index in [9.17, 15) is 0 Å². The molecular formula is C10H7ClIN. The predicted octanol–water partition coefficient (Wildman–Crippen LogP) is 3.80. The van der Waals surface area contributed by atoms with E-state index in [0.717, 1.165) is 21.6 Å². The number of rotatable bonds is 0. The van der Waals surface area contributed by atoms with Crippen molar-refractivity contribution in [2.75, 3.05) is 0 Å². The number of halogens is 2. The van der Waals surface area contributed by atoms with Gasteiger partial charge in [-0.25, -0.2) is 0 Å². The Morgan fingerprint density at radius 2 is 2.08 bits per heavy atom. The smallest absolute Gasteiger partial charge is 0.0720 e. The van der Waals surface area contributed by atoms with Crippen LogP contribution in [-0.4, -0.2) is 4.98 Å². The molecule has 1 nitrogen and oxygen atoms in total. The molecule has 0 unspecified atom stereocenters. The first kappa shape index (κ1) is 9.21. The summed E-state index contributed by atoms with van der Waals surface area (Å²) in [4.78, 5) is 4.39. The lowest BCUT2D eigenvalue weighted by molar-refractivity contribution is 1.25. The monoisotopic (exact) mass is 303 g/mol. The summed E-state index contributed by atoms with van der Waals surface area (Å²) >= 11 is 8.36. The molecule has 0 radical (unpaired) electrons. The zero-order valence-corrected chi connectivity index (χ0v) is 9.93. The highest BCUT2D eigenvalue weighted by Crippen LogP contribution is 2.24. The normalized spacial score (nSPS) is 10.7. The van der Waals surface area contributed by atoms with Gasteiger partial charge >= 0.3 is 0 Å². The van der Waals surface area contributed by atoms with Crippen molar-refractivity contribution in [1.29, 1.82) is 0 Å². The zero-order valence-electron chi connectivity index (χ0n) is 7.01. The minimum Gasteiger partial charge on any atom is -0.253 e. The fourth-order valence-corrected chi connectivity index (χ4v) is 2.08. The third kappa shape index (κ3) is 1.79. The van der Waals surface area contributed by atoms with E-state index in [-0.39, 0.29) is 0 Å². The molecule has 1 aromatic carbocycles. The number of nitrogens with zero attached hydrogens (tertiary/aromatic N) is 1. The lowest BCUT2D eigenvalue weighted by Crippen LogP contribution is -1.85. The second-order valence-corrected chi connectivity index (χ2v) is 4.56. The zero-order chi connectivity index (χ0) is 9.42. The molecular weight excluding hydrogens is 296 g/mol. The minimum absolute atomic E-state index is 0.779. The van der Waals surface area contributed by atoms with Crippen LogP contribution in [0.4, 0.5) is 0 Å². The number of aryl methyl sites for hydroxylation is 1. The highest BCUT2D eigenvalue weighted by molar-refractivity contribution is 14.1. The van der Waals surface area contributed by atoms with E-state index in [0.29, 0.717) is 0 Å². The number of pyridine rings is 1. The van der Waals surface area contributed by atoms with Crippen molar-refractivity contribution in [2.45, 2.75) is 6.92 Å². The van der Waals surface area contributed by atoms with E-state index in [1.807, 2.05) is 31.2 Å². The second kappa shape index (κ2) is 3.42. The van der Waals surface area contributed by atoms with Crippen LogP contribution in [0.2, 0.25) is 5.02 Å². The van der Waals surface area contributed by atoms with Gasteiger partial charge in [-0.2, -0.15) is 0 Å².